The Hall–Kier alpha value is -1.58. The highest BCUT2D eigenvalue weighted by atomic mass is 16.2. The van der Waals surface area contributed by atoms with Crippen LogP contribution in [-0.2, 0) is 0 Å². The Morgan fingerprint density at radius 3 is 2.65 bits per heavy atom. The number of pyridine rings is 1. The maximum Gasteiger partial charge on any atom is 0.254 e. The Bertz CT molecular complexity index is 481. The summed E-state index contributed by atoms with van der Waals surface area (Å²) in [5.41, 5.74) is 1.71. The summed E-state index contributed by atoms with van der Waals surface area (Å²) >= 11 is 0. The van der Waals surface area contributed by atoms with Crippen LogP contribution in [0.2, 0.25) is 0 Å². The van der Waals surface area contributed by atoms with Crippen LogP contribution in [0.5, 0.6) is 0 Å². The molecule has 2 rings (SSSR count). The zero-order valence-corrected chi connectivity index (χ0v) is 12.9. The fraction of sp³-hybridized carbons (Fsp3) is 0.625. The summed E-state index contributed by atoms with van der Waals surface area (Å²) in [4.78, 5) is 19.0. The van der Waals surface area contributed by atoms with Crippen molar-refractivity contribution in [1.82, 2.24) is 9.88 Å². The average molecular weight is 275 g/mol. The van der Waals surface area contributed by atoms with E-state index in [1.807, 2.05) is 31.0 Å². The van der Waals surface area contributed by atoms with Crippen molar-refractivity contribution in [3.63, 3.8) is 0 Å². The molecule has 1 aromatic rings. The first-order valence-electron chi connectivity index (χ1n) is 7.56. The number of carbonyl (C=O) groups excluding carboxylic acids is 1. The van der Waals surface area contributed by atoms with Crippen LogP contribution in [0.15, 0.2) is 12.1 Å². The second kappa shape index (κ2) is 6.25. The van der Waals surface area contributed by atoms with Crippen molar-refractivity contribution in [1.29, 1.82) is 0 Å². The molecule has 1 amide bonds. The Morgan fingerprint density at radius 1 is 1.45 bits per heavy atom. The topological polar surface area (TPSA) is 45.2 Å². The van der Waals surface area contributed by atoms with Crippen molar-refractivity contribution < 1.29 is 4.79 Å². The van der Waals surface area contributed by atoms with Gasteiger partial charge in [-0.05, 0) is 44.2 Å². The Kier molecular flexibility index (Phi) is 4.63. The Labute approximate surface area is 121 Å². The molecule has 0 aromatic carbocycles. The quantitative estimate of drug-likeness (QED) is 0.897. The first-order chi connectivity index (χ1) is 9.52. The van der Waals surface area contributed by atoms with E-state index in [9.17, 15) is 4.79 Å². The molecule has 0 atom stereocenters. The van der Waals surface area contributed by atoms with E-state index in [1.54, 1.807) is 0 Å². The maximum absolute atomic E-state index is 12.6. The first-order valence-corrected chi connectivity index (χ1v) is 7.56. The van der Waals surface area contributed by atoms with Gasteiger partial charge in [-0.2, -0.15) is 0 Å². The standard InChI is InChI=1S/C16H25N3O/c1-5-17-15-10-12(9-14(18-15)11(2)3)16(20)19(4)13-7-6-8-13/h9-11,13H,5-8H2,1-4H3,(H,17,18). The van der Waals surface area contributed by atoms with Crippen LogP contribution in [0.3, 0.4) is 0 Å². The number of carbonyl (C=O) groups is 1. The van der Waals surface area contributed by atoms with Crippen molar-refractivity contribution in [3.8, 4) is 0 Å². The van der Waals surface area contributed by atoms with Crippen LogP contribution in [0, 0.1) is 0 Å². The lowest BCUT2D eigenvalue weighted by Crippen LogP contribution is -2.41. The summed E-state index contributed by atoms with van der Waals surface area (Å²) in [6, 6.07) is 4.22. The van der Waals surface area contributed by atoms with Gasteiger partial charge in [-0.1, -0.05) is 13.8 Å². The van der Waals surface area contributed by atoms with Crippen molar-refractivity contribution in [3.05, 3.63) is 23.4 Å². The van der Waals surface area contributed by atoms with Gasteiger partial charge in [-0.15, -0.1) is 0 Å². The summed E-state index contributed by atoms with van der Waals surface area (Å²) < 4.78 is 0. The predicted octanol–water partition coefficient (Wildman–Crippen LogP) is 3.26. The highest BCUT2D eigenvalue weighted by molar-refractivity contribution is 5.95. The van der Waals surface area contributed by atoms with Gasteiger partial charge in [0.2, 0.25) is 0 Å². The normalized spacial score (nSPS) is 15.1. The summed E-state index contributed by atoms with van der Waals surface area (Å²) in [5.74, 6) is 1.22. The van der Waals surface area contributed by atoms with E-state index in [-0.39, 0.29) is 5.91 Å². The van der Waals surface area contributed by atoms with Crippen molar-refractivity contribution >= 4 is 11.7 Å². The highest BCUT2D eigenvalue weighted by Crippen LogP contribution is 2.26. The summed E-state index contributed by atoms with van der Waals surface area (Å²) in [5, 5.41) is 3.21. The Morgan fingerprint density at radius 2 is 2.15 bits per heavy atom. The van der Waals surface area contributed by atoms with Gasteiger partial charge in [0.25, 0.3) is 5.91 Å². The van der Waals surface area contributed by atoms with Gasteiger partial charge >= 0.3 is 0 Å². The molecule has 1 fully saturated rings. The number of anilines is 1. The minimum atomic E-state index is 0.109. The van der Waals surface area contributed by atoms with Gasteiger partial charge < -0.3 is 10.2 Å². The second-order valence-corrected chi connectivity index (χ2v) is 5.85. The van der Waals surface area contributed by atoms with E-state index in [2.05, 4.69) is 24.1 Å². The zero-order valence-electron chi connectivity index (χ0n) is 12.9. The molecule has 1 N–H and O–H groups in total. The van der Waals surface area contributed by atoms with Gasteiger partial charge in [0.05, 0.1) is 0 Å². The van der Waals surface area contributed by atoms with E-state index in [4.69, 9.17) is 0 Å². The van der Waals surface area contributed by atoms with E-state index in [0.717, 1.165) is 36.5 Å². The fourth-order valence-corrected chi connectivity index (χ4v) is 2.39. The molecule has 1 aliphatic rings. The molecular formula is C16H25N3O. The maximum atomic E-state index is 12.6. The van der Waals surface area contributed by atoms with E-state index < -0.39 is 0 Å². The molecule has 0 unspecified atom stereocenters. The number of nitrogens with one attached hydrogen (secondary N) is 1. The lowest BCUT2D eigenvalue weighted by Gasteiger charge is -2.34. The lowest BCUT2D eigenvalue weighted by molar-refractivity contribution is 0.0652. The zero-order chi connectivity index (χ0) is 14.7. The molecule has 0 bridgehead atoms. The molecule has 1 aromatic heterocycles. The summed E-state index contributed by atoms with van der Waals surface area (Å²) in [7, 11) is 1.91. The Balaban J connectivity index is 2.26. The molecule has 0 spiro atoms. The lowest BCUT2D eigenvalue weighted by atomic mass is 9.91. The highest BCUT2D eigenvalue weighted by Gasteiger charge is 2.26. The number of hydrogen-bond donors (Lipinski definition) is 1. The van der Waals surface area contributed by atoms with E-state index in [0.29, 0.717) is 12.0 Å². The van der Waals surface area contributed by atoms with Crippen molar-refractivity contribution in [2.75, 3.05) is 18.9 Å². The van der Waals surface area contributed by atoms with E-state index >= 15 is 0 Å². The molecule has 0 aliphatic heterocycles. The van der Waals surface area contributed by atoms with Crippen molar-refractivity contribution in [2.45, 2.75) is 52.0 Å². The molecule has 0 radical (unpaired) electrons. The third-order valence-electron chi connectivity index (χ3n) is 3.98. The number of amides is 1. The van der Waals surface area contributed by atoms with Gasteiger partial charge in [0.1, 0.15) is 5.82 Å². The third kappa shape index (κ3) is 3.11. The van der Waals surface area contributed by atoms with Crippen LogP contribution < -0.4 is 5.32 Å². The SMILES string of the molecule is CCNc1cc(C(=O)N(C)C2CCC2)cc(C(C)C)n1. The molecular weight excluding hydrogens is 250 g/mol. The molecule has 20 heavy (non-hydrogen) atoms. The van der Waals surface area contributed by atoms with Gasteiger partial charge in [0.15, 0.2) is 0 Å². The molecule has 1 saturated carbocycles. The minimum Gasteiger partial charge on any atom is -0.370 e. The van der Waals surface area contributed by atoms with Gasteiger partial charge in [0, 0.05) is 30.9 Å². The van der Waals surface area contributed by atoms with Crippen LogP contribution in [-0.4, -0.2) is 35.4 Å². The molecule has 4 nitrogen and oxygen atoms in total. The monoisotopic (exact) mass is 275 g/mol. The average Bonchev–Trinajstić information content (AvgIpc) is 2.35. The number of nitrogens with zero attached hydrogens (tertiary/aromatic N) is 2. The van der Waals surface area contributed by atoms with Crippen LogP contribution in [0.25, 0.3) is 0 Å². The fourth-order valence-electron chi connectivity index (χ4n) is 2.39. The van der Waals surface area contributed by atoms with Crippen LogP contribution in [0.1, 0.15) is 62.0 Å². The minimum absolute atomic E-state index is 0.109. The number of rotatable bonds is 5. The summed E-state index contributed by atoms with van der Waals surface area (Å²) in [6.45, 7) is 7.04. The van der Waals surface area contributed by atoms with Crippen LogP contribution >= 0.6 is 0 Å². The molecule has 0 saturated heterocycles. The molecule has 110 valence electrons. The molecule has 1 aliphatic carbocycles. The largest absolute Gasteiger partial charge is 0.370 e. The second-order valence-electron chi connectivity index (χ2n) is 5.85. The van der Waals surface area contributed by atoms with Gasteiger partial charge in [-0.25, -0.2) is 4.98 Å². The predicted molar refractivity (Wildman–Crippen MR) is 82.2 cm³/mol. The first kappa shape index (κ1) is 14.8. The smallest absolute Gasteiger partial charge is 0.254 e. The van der Waals surface area contributed by atoms with Crippen molar-refractivity contribution in [2.24, 2.45) is 0 Å². The third-order valence-corrected chi connectivity index (χ3v) is 3.98. The molecule has 1 heterocycles. The summed E-state index contributed by atoms with van der Waals surface area (Å²) in [6.07, 6.45) is 3.49. The number of aromatic nitrogens is 1. The number of hydrogen-bond acceptors (Lipinski definition) is 3. The van der Waals surface area contributed by atoms with Gasteiger partial charge in [-0.3, -0.25) is 4.79 Å². The van der Waals surface area contributed by atoms with E-state index in [1.165, 1.54) is 6.42 Å². The molecule has 4 heteroatoms. The van der Waals surface area contributed by atoms with Crippen LogP contribution in [0.4, 0.5) is 5.82 Å².